The predicted octanol–water partition coefficient (Wildman–Crippen LogP) is 3.22. The number of hydrogen-bond acceptors (Lipinski definition) is 1. The van der Waals surface area contributed by atoms with Gasteiger partial charge in [0.1, 0.15) is 5.67 Å². The highest BCUT2D eigenvalue weighted by molar-refractivity contribution is 5.08. The summed E-state index contributed by atoms with van der Waals surface area (Å²) in [6.07, 6.45) is -5.66. The van der Waals surface area contributed by atoms with Crippen molar-refractivity contribution in [2.75, 3.05) is 0 Å². The first kappa shape index (κ1) is 12.1. The smallest absolute Gasteiger partial charge is 0.384 e. The molecule has 2 rings (SSSR count). The maximum Gasteiger partial charge on any atom is 0.414 e. The van der Waals surface area contributed by atoms with Gasteiger partial charge in [0.15, 0.2) is 6.10 Å². The summed E-state index contributed by atoms with van der Waals surface area (Å²) in [4.78, 5) is 0. The molecule has 4 atom stereocenters. The van der Waals surface area contributed by atoms with Crippen LogP contribution >= 0.6 is 0 Å². The molecule has 2 bridgehead atoms. The van der Waals surface area contributed by atoms with Crippen molar-refractivity contribution in [3.05, 3.63) is 0 Å². The zero-order valence-electron chi connectivity index (χ0n) is 9.15. The molecule has 2 aliphatic carbocycles. The molecule has 16 heavy (non-hydrogen) atoms. The summed E-state index contributed by atoms with van der Waals surface area (Å²) < 4.78 is 51.0. The fraction of sp³-hybridized carbons (Fsp3) is 1.00. The van der Waals surface area contributed by atoms with Crippen molar-refractivity contribution in [2.45, 2.75) is 57.0 Å². The average molecular weight is 240 g/mol. The van der Waals surface area contributed by atoms with E-state index in [1.165, 1.54) is 0 Å². The van der Waals surface area contributed by atoms with Crippen LogP contribution < -0.4 is 0 Å². The normalized spacial score (nSPS) is 45.0. The summed E-state index contributed by atoms with van der Waals surface area (Å²) in [6.45, 7) is 1.92. The highest BCUT2D eigenvalue weighted by Gasteiger charge is 2.59. The van der Waals surface area contributed by atoms with E-state index in [1.54, 1.807) is 0 Å². The van der Waals surface area contributed by atoms with Crippen LogP contribution in [0.15, 0.2) is 0 Å². The van der Waals surface area contributed by atoms with Crippen molar-refractivity contribution in [3.8, 4) is 0 Å². The monoisotopic (exact) mass is 240 g/mol. The molecule has 1 nitrogen and oxygen atoms in total. The van der Waals surface area contributed by atoms with Crippen LogP contribution in [0, 0.1) is 11.3 Å². The first-order chi connectivity index (χ1) is 7.15. The second-order valence-electron chi connectivity index (χ2n) is 5.72. The Balaban J connectivity index is 2.06. The molecule has 2 saturated carbocycles. The van der Waals surface area contributed by atoms with E-state index in [0.717, 1.165) is 6.42 Å². The Morgan fingerprint density at radius 2 is 2.06 bits per heavy atom. The van der Waals surface area contributed by atoms with Gasteiger partial charge in [-0.3, -0.25) is 0 Å². The van der Waals surface area contributed by atoms with E-state index in [2.05, 4.69) is 0 Å². The van der Waals surface area contributed by atoms with Gasteiger partial charge < -0.3 is 5.11 Å². The Morgan fingerprint density at radius 1 is 1.44 bits per heavy atom. The number of hydrogen-bond donors (Lipinski definition) is 1. The van der Waals surface area contributed by atoms with E-state index >= 15 is 0 Å². The highest BCUT2D eigenvalue weighted by atomic mass is 19.4. The van der Waals surface area contributed by atoms with Crippen LogP contribution in [0.25, 0.3) is 0 Å². The van der Waals surface area contributed by atoms with Crippen LogP contribution in [0.2, 0.25) is 0 Å². The highest BCUT2D eigenvalue weighted by Crippen LogP contribution is 2.61. The minimum absolute atomic E-state index is 0.148. The van der Waals surface area contributed by atoms with Gasteiger partial charge in [-0.15, -0.1) is 0 Å². The summed E-state index contributed by atoms with van der Waals surface area (Å²) in [5.74, 6) is -0.297. The molecule has 0 aromatic heterocycles. The number of aliphatic hydroxyl groups excluding tert-OH is 1. The predicted molar refractivity (Wildman–Crippen MR) is 50.6 cm³/mol. The summed E-state index contributed by atoms with van der Waals surface area (Å²) in [7, 11) is 0. The third-order valence-electron chi connectivity index (χ3n) is 4.20. The molecule has 0 amide bonds. The Morgan fingerprint density at radius 3 is 2.44 bits per heavy atom. The van der Waals surface area contributed by atoms with Gasteiger partial charge in [0.25, 0.3) is 0 Å². The fourth-order valence-electron chi connectivity index (χ4n) is 3.45. The molecule has 0 aromatic rings. The molecule has 0 aromatic carbocycles. The quantitative estimate of drug-likeness (QED) is 0.735. The number of halogens is 4. The van der Waals surface area contributed by atoms with Crippen molar-refractivity contribution < 1.29 is 22.7 Å². The van der Waals surface area contributed by atoms with Gasteiger partial charge in [0, 0.05) is 6.42 Å². The lowest BCUT2D eigenvalue weighted by Crippen LogP contribution is -2.41. The lowest BCUT2D eigenvalue weighted by Gasteiger charge is -2.34. The zero-order chi connectivity index (χ0) is 12.2. The van der Waals surface area contributed by atoms with Gasteiger partial charge >= 0.3 is 6.18 Å². The zero-order valence-corrected chi connectivity index (χ0v) is 9.15. The standard InChI is InChI=1S/C11H16F4O/c1-9-3-2-7(4-9)10(12,6-9)5-8(16)11(13,14)15/h7-8,16H,2-6H2,1H3. The van der Waals surface area contributed by atoms with Crippen LogP contribution in [-0.2, 0) is 0 Å². The number of rotatable bonds is 2. The Hall–Kier alpha value is -0.320. The van der Waals surface area contributed by atoms with Gasteiger partial charge in [-0.2, -0.15) is 13.2 Å². The third kappa shape index (κ3) is 1.94. The van der Waals surface area contributed by atoms with Gasteiger partial charge in [0.2, 0.25) is 0 Å². The van der Waals surface area contributed by atoms with Crippen LogP contribution in [0.1, 0.15) is 39.0 Å². The molecule has 0 radical (unpaired) electrons. The maximum absolute atomic E-state index is 14.4. The van der Waals surface area contributed by atoms with Crippen LogP contribution in [0.4, 0.5) is 17.6 Å². The lowest BCUT2D eigenvalue weighted by molar-refractivity contribution is -0.216. The van der Waals surface area contributed by atoms with Gasteiger partial charge in [-0.05, 0) is 37.0 Å². The van der Waals surface area contributed by atoms with Crippen LogP contribution in [-0.4, -0.2) is 23.1 Å². The first-order valence-electron chi connectivity index (χ1n) is 5.58. The van der Waals surface area contributed by atoms with Gasteiger partial charge in [-0.1, -0.05) is 6.92 Å². The molecule has 5 heteroatoms. The molecule has 2 aliphatic rings. The molecule has 0 heterocycles. The minimum Gasteiger partial charge on any atom is -0.384 e. The SMILES string of the molecule is CC12CCC(C1)C(F)(CC(O)C(F)(F)F)C2. The topological polar surface area (TPSA) is 20.2 Å². The summed E-state index contributed by atoms with van der Waals surface area (Å²) in [5, 5.41) is 8.96. The van der Waals surface area contributed by atoms with Crippen molar-refractivity contribution in [3.63, 3.8) is 0 Å². The Kier molecular flexibility index (Phi) is 2.54. The van der Waals surface area contributed by atoms with Gasteiger partial charge in [0.05, 0.1) is 0 Å². The van der Waals surface area contributed by atoms with E-state index < -0.39 is 24.4 Å². The molecule has 94 valence electrons. The molecule has 1 N–H and O–H groups in total. The average Bonchev–Trinajstić information content (AvgIpc) is 2.54. The molecule has 4 unspecified atom stereocenters. The summed E-state index contributed by atoms with van der Waals surface area (Å²) >= 11 is 0. The maximum atomic E-state index is 14.4. The summed E-state index contributed by atoms with van der Waals surface area (Å²) in [5.41, 5.74) is -1.97. The number of aliphatic hydroxyl groups is 1. The van der Waals surface area contributed by atoms with Crippen LogP contribution in [0.3, 0.4) is 0 Å². The van der Waals surface area contributed by atoms with E-state index in [0.29, 0.717) is 12.8 Å². The van der Waals surface area contributed by atoms with E-state index in [4.69, 9.17) is 5.11 Å². The second kappa shape index (κ2) is 3.34. The van der Waals surface area contributed by atoms with E-state index in [-0.39, 0.29) is 17.8 Å². The third-order valence-corrected chi connectivity index (χ3v) is 4.20. The van der Waals surface area contributed by atoms with E-state index in [9.17, 15) is 17.6 Å². The minimum atomic E-state index is -4.71. The van der Waals surface area contributed by atoms with Crippen LogP contribution in [0.5, 0.6) is 0 Å². The summed E-state index contributed by atoms with van der Waals surface area (Å²) in [6, 6.07) is 0. The van der Waals surface area contributed by atoms with Crippen molar-refractivity contribution >= 4 is 0 Å². The number of fused-ring (bicyclic) bond motifs is 2. The Labute approximate surface area is 91.8 Å². The molecule has 2 fully saturated rings. The lowest BCUT2D eigenvalue weighted by atomic mass is 9.77. The molecule has 0 aliphatic heterocycles. The Bertz CT molecular complexity index is 290. The number of alkyl halides is 4. The first-order valence-corrected chi connectivity index (χ1v) is 5.58. The fourth-order valence-corrected chi connectivity index (χ4v) is 3.45. The molecule has 0 spiro atoms. The molecular formula is C11H16F4O. The van der Waals surface area contributed by atoms with Crippen molar-refractivity contribution in [2.24, 2.45) is 11.3 Å². The largest absolute Gasteiger partial charge is 0.414 e. The van der Waals surface area contributed by atoms with Gasteiger partial charge in [-0.25, -0.2) is 4.39 Å². The second-order valence-corrected chi connectivity index (χ2v) is 5.72. The molecule has 0 saturated heterocycles. The molecular weight excluding hydrogens is 224 g/mol. The van der Waals surface area contributed by atoms with Crippen molar-refractivity contribution in [1.82, 2.24) is 0 Å². The van der Waals surface area contributed by atoms with E-state index in [1.807, 2.05) is 6.92 Å². The van der Waals surface area contributed by atoms with Crippen molar-refractivity contribution in [1.29, 1.82) is 0 Å².